The van der Waals surface area contributed by atoms with Crippen molar-refractivity contribution in [2.24, 2.45) is 0 Å². The summed E-state index contributed by atoms with van der Waals surface area (Å²) in [5, 5.41) is 22.8. The Bertz CT molecular complexity index is 848. The maximum absolute atomic E-state index is 9.72. The topological polar surface area (TPSA) is 47.6 Å². The van der Waals surface area contributed by atoms with Gasteiger partial charge in [0.15, 0.2) is 0 Å². The third-order valence-corrected chi connectivity index (χ3v) is 7.84. The van der Waals surface area contributed by atoms with Gasteiger partial charge in [0.1, 0.15) is 12.1 Å². The van der Waals surface area contributed by atoms with Crippen molar-refractivity contribution < 1.29 is 0 Å². The molecule has 0 saturated carbocycles. The molecule has 0 atom stereocenters. The minimum Gasteiger partial charge on any atom is -0.192 e. The maximum Gasteiger partial charge on any atom is 0.100 e. The lowest BCUT2D eigenvalue weighted by Crippen LogP contribution is -2.23. The van der Waals surface area contributed by atoms with Gasteiger partial charge < -0.3 is 0 Å². The average molecular weight is 300 g/mol. The van der Waals surface area contributed by atoms with Crippen LogP contribution < -0.4 is 10.6 Å². The van der Waals surface area contributed by atoms with Gasteiger partial charge in [0.2, 0.25) is 0 Å². The van der Waals surface area contributed by atoms with E-state index in [1.165, 1.54) is 0 Å². The van der Waals surface area contributed by atoms with Crippen LogP contribution in [0.1, 0.15) is 0 Å². The molecule has 0 fully saturated rings. The molecule has 2 nitrogen and oxygen atoms in total. The number of nitriles is 2. The molecule has 2 aromatic carbocycles. The Morgan fingerprint density at radius 2 is 1.27 bits per heavy atom. The highest BCUT2D eigenvalue weighted by molar-refractivity contribution is 7.93. The van der Waals surface area contributed by atoms with Crippen LogP contribution in [0.25, 0.3) is 0 Å². The fourth-order valence-corrected chi connectivity index (χ4v) is 6.65. The molecule has 1 heterocycles. The van der Waals surface area contributed by atoms with Gasteiger partial charge in [0, 0.05) is 6.89 Å². The number of benzene rings is 2. The molecule has 22 heavy (non-hydrogen) atoms. The third-order valence-electron chi connectivity index (χ3n) is 3.75. The van der Waals surface area contributed by atoms with Crippen LogP contribution in [0.15, 0.2) is 84.2 Å². The molecule has 0 unspecified atom stereocenters. The van der Waals surface area contributed by atoms with Crippen molar-refractivity contribution in [3.63, 3.8) is 0 Å². The average Bonchev–Trinajstić information content (AvgIpc) is 2.62. The van der Waals surface area contributed by atoms with Crippen molar-refractivity contribution in [1.82, 2.24) is 0 Å². The second-order valence-corrected chi connectivity index (χ2v) is 8.20. The second kappa shape index (κ2) is 5.90. The van der Waals surface area contributed by atoms with Crippen molar-refractivity contribution in [1.29, 1.82) is 10.5 Å². The van der Waals surface area contributed by atoms with Crippen molar-refractivity contribution >= 4 is 22.8 Å². The Labute approximate surface area is 130 Å². The zero-order valence-electron chi connectivity index (χ0n) is 11.8. The fourth-order valence-electron chi connectivity index (χ4n) is 2.82. The normalized spacial score (nSPS) is 15.5. The smallest absolute Gasteiger partial charge is 0.100 e. The summed E-state index contributed by atoms with van der Waals surface area (Å²) < 4.78 is 0. The van der Waals surface area contributed by atoms with Gasteiger partial charge in [0.25, 0.3) is 0 Å². The summed E-state index contributed by atoms with van der Waals surface area (Å²) in [6, 6.07) is 24.5. The molecular formula is C19H13N2P. The van der Waals surface area contributed by atoms with Gasteiger partial charge in [-0.05, 0) is 22.8 Å². The van der Waals surface area contributed by atoms with Crippen LogP contribution in [-0.4, -0.2) is 5.29 Å². The van der Waals surface area contributed by atoms with E-state index >= 15 is 0 Å². The largest absolute Gasteiger partial charge is 0.192 e. The minimum absolute atomic E-state index is 0.670. The Balaban J connectivity index is 2.53. The first-order chi connectivity index (χ1) is 10.8. The van der Waals surface area contributed by atoms with Gasteiger partial charge in [-0.1, -0.05) is 66.7 Å². The highest BCUT2D eigenvalue weighted by Crippen LogP contribution is 2.55. The molecule has 0 N–H and O–H groups in total. The van der Waals surface area contributed by atoms with Crippen LogP contribution in [0.3, 0.4) is 0 Å². The summed E-state index contributed by atoms with van der Waals surface area (Å²) in [4.78, 5) is 0. The molecule has 3 heteroatoms. The molecule has 1 aliphatic heterocycles. The Morgan fingerprint density at radius 1 is 0.727 bits per heavy atom. The zero-order chi connectivity index (χ0) is 15.4. The van der Waals surface area contributed by atoms with E-state index in [1.54, 1.807) is 6.08 Å². The van der Waals surface area contributed by atoms with E-state index in [2.05, 4.69) is 12.1 Å². The summed E-state index contributed by atoms with van der Waals surface area (Å²) in [5.74, 6) is 0. The standard InChI is InChI=1S/C19H13N2P/c20-14-18-12-7-13-19(15-21)22(18,16-8-3-1-4-9-16)17-10-5-2-6-11-17/h1-13H. The summed E-state index contributed by atoms with van der Waals surface area (Å²) in [5.41, 5.74) is 0. The molecule has 0 aliphatic carbocycles. The van der Waals surface area contributed by atoms with Crippen molar-refractivity contribution in [3.05, 3.63) is 84.2 Å². The predicted octanol–water partition coefficient (Wildman–Crippen LogP) is 3.33. The van der Waals surface area contributed by atoms with Gasteiger partial charge in [-0.25, -0.2) is 0 Å². The lowest BCUT2D eigenvalue weighted by Gasteiger charge is -2.29. The third kappa shape index (κ3) is 2.03. The molecule has 0 saturated heterocycles. The van der Waals surface area contributed by atoms with E-state index in [4.69, 9.17) is 0 Å². The molecule has 2 aromatic rings. The number of allylic oxidation sites excluding steroid dienone is 4. The first-order valence-corrected chi connectivity index (χ1v) is 8.70. The van der Waals surface area contributed by atoms with Crippen LogP contribution in [0, 0.1) is 22.7 Å². The number of hydrogen-bond acceptors (Lipinski definition) is 2. The van der Waals surface area contributed by atoms with E-state index in [9.17, 15) is 10.5 Å². The first-order valence-electron chi connectivity index (χ1n) is 6.91. The molecule has 0 aromatic heterocycles. The lowest BCUT2D eigenvalue weighted by molar-refractivity contribution is 1.52. The van der Waals surface area contributed by atoms with Gasteiger partial charge in [-0.2, -0.15) is 10.5 Å². The molecule has 0 radical (unpaired) electrons. The fraction of sp³-hybridized carbons (Fsp3) is 0. The molecule has 3 rings (SSSR count). The van der Waals surface area contributed by atoms with Crippen molar-refractivity contribution in [2.75, 3.05) is 0 Å². The molecule has 0 amide bonds. The van der Waals surface area contributed by atoms with E-state index < -0.39 is 6.89 Å². The van der Waals surface area contributed by atoms with Gasteiger partial charge in [-0.3, -0.25) is 0 Å². The van der Waals surface area contributed by atoms with E-state index in [0.717, 1.165) is 10.6 Å². The van der Waals surface area contributed by atoms with Crippen LogP contribution in [0.5, 0.6) is 0 Å². The molecule has 0 bridgehead atoms. The van der Waals surface area contributed by atoms with Gasteiger partial charge in [-0.15, -0.1) is 0 Å². The quantitative estimate of drug-likeness (QED) is 0.799. The highest BCUT2D eigenvalue weighted by atomic mass is 31.2. The Hall–Kier alpha value is -2.80. The molecule has 104 valence electrons. The highest BCUT2D eigenvalue weighted by Gasteiger charge is 2.32. The first kappa shape index (κ1) is 14.2. The zero-order valence-corrected chi connectivity index (χ0v) is 12.7. The van der Waals surface area contributed by atoms with Crippen LogP contribution in [0.4, 0.5) is 0 Å². The monoisotopic (exact) mass is 300 g/mol. The summed E-state index contributed by atoms with van der Waals surface area (Å²) in [6.07, 6.45) is 5.48. The second-order valence-electron chi connectivity index (χ2n) is 4.86. The molecular weight excluding hydrogens is 287 g/mol. The van der Waals surface area contributed by atoms with E-state index in [0.29, 0.717) is 10.6 Å². The summed E-state index contributed by atoms with van der Waals surface area (Å²) in [6.45, 7) is -2.35. The van der Waals surface area contributed by atoms with Gasteiger partial charge in [0.05, 0.1) is 10.6 Å². The van der Waals surface area contributed by atoms with Crippen LogP contribution >= 0.6 is 6.89 Å². The molecule has 0 spiro atoms. The molecule has 1 aliphatic rings. The van der Waals surface area contributed by atoms with Crippen molar-refractivity contribution in [2.45, 2.75) is 0 Å². The van der Waals surface area contributed by atoms with E-state index in [1.807, 2.05) is 72.8 Å². The lowest BCUT2D eigenvalue weighted by atomic mass is 10.3. The number of rotatable bonds is 2. The van der Waals surface area contributed by atoms with Crippen LogP contribution in [-0.2, 0) is 0 Å². The van der Waals surface area contributed by atoms with E-state index in [-0.39, 0.29) is 0 Å². The summed E-state index contributed by atoms with van der Waals surface area (Å²) in [7, 11) is 0. The Morgan fingerprint density at radius 3 is 1.73 bits per heavy atom. The van der Waals surface area contributed by atoms with Crippen LogP contribution in [0.2, 0.25) is 0 Å². The summed E-state index contributed by atoms with van der Waals surface area (Å²) >= 11 is 0. The Kier molecular flexibility index (Phi) is 3.80. The maximum atomic E-state index is 9.72. The number of nitrogens with zero attached hydrogens (tertiary/aromatic N) is 2. The van der Waals surface area contributed by atoms with Gasteiger partial charge >= 0.3 is 0 Å². The number of hydrogen-bond donors (Lipinski definition) is 0. The predicted molar refractivity (Wildman–Crippen MR) is 92.5 cm³/mol. The SMILES string of the molecule is N#CC1=CC=CC(C#N)=P1(c1ccccc1)c1ccccc1. The van der Waals surface area contributed by atoms with Crippen molar-refractivity contribution in [3.8, 4) is 12.1 Å². The minimum atomic E-state index is -2.35.